The highest BCUT2D eigenvalue weighted by atomic mass is 127. The Labute approximate surface area is 285 Å². The maximum atomic E-state index is 6.10. The Morgan fingerprint density at radius 2 is 0.706 bits per heavy atom. The van der Waals surface area contributed by atoms with Gasteiger partial charge < -0.3 is 18.9 Å². The van der Waals surface area contributed by atoms with E-state index >= 15 is 0 Å². The zero-order valence-electron chi connectivity index (χ0n) is 18.7. The van der Waals surface area contributed by atoms with E-state index in [1.165, 1.54) is 33.4 Å². The highest BCUT2D eigenvalue weighted by Crippen LogP contribution is 2.32. The quantitative estimate of drug-likeness (QED) is 0.0903. The van der Waals surface area contributed by atoms with Gasteiger partial charge >= 0.3 is 0 Å². The standard InChI is InChI=1S/C24H28I6O4/c25-11-17-7-19(13-27)23(20(8-17)14-28)33-5-3-31-1-2-32-4-6-34-24-21(15-29)9-18(12-26)10-22(24)16-30/h7-10H,1-6,11-16H2. The van der Waals surface area contributed by atoms with Crippen molar-refractivity contribution in [3.05, 3.63) is 57.6 Å². The number of ether oxygens (including phenoxy) is 4. The van der Waals surface area contributed by atoms with Crippen LogP contribution in [-0.4, -0.2) is 39.6 Å². The SMILES string of the molecule is ICc1cc(CI)c(OCCOCCOCCOc2c(CI)cc(CI)cc2CI)c(CI)c1. The van der Waals surface area contributed by atoms with Crippen LogP contribution in [-0.2, 0) is 36.0 Å². The molecule has 0 atom stereocenters. The summed E-state index contributed by atoms with van der Waals surface area (Å²) in [6.07, 6.45) is 0. The van der Waals surface area contributed by atoms with E-state index in [0.717, 1.165) is 38.1 Å². The first kappa shape index (κ1) is 32.6. The number of alkyl halides is 6. The van der Waals surface area contributed by atoms with Crippen LogP contribution in [0.2, 0.25) is 0 Å². The minimum absolute atomic E-state index is 0.547. The lowest BCUT2D eigenvalue weighted by Crippen LogP contribution is -2.14. The molecule has 0 fully saturated rings. The molecule has 0 aliphatic rings. The molecule has 0 spiro atoms. The lowest BCUT2D eigenvalue weighted by molar-refractivity contribution is 0.0271. The Morgan fingerprint density at radius 1 is 0.412 bits per heavy atom. The van der Waals surface area contributed by atoms with Crippen LogP contribution in [0.15, 0.2) is 24.3 Å². The molecule has 0 heterocycles. The second kappa shape index (κ2) is 19.4. The molecule has 0 N–H and O–H groups in total. The molecule has 0 aliphatic heterocycles. The summed E-state index contributed by atoms with van der Waals surface area (Å²) in [4.78, 5) is 0. The van der Waals surface area contributed by atoms with Gasteiger partial charge in [-0.1, -0.05) is 160 Å². The van der Waals surface area contributed by atoms with Gasteiger partial charge in [-0.15, -0.1) is 0 Å². The van der Waals surface area contributed by atoms with Gasteiger partial charge in [0.05, 0.1) is 26.4 Å². The van der Waals surface area contributed by atoms with Crippen molar-refractivity contribution in [2.45, 2.75) is 26.6 Å². The summed E-state index contributed by atoms with van der Waals surface area (Å²) < 4.78 is 29.4. The van der Waals surface area contributed by atoms with E-state index in [1.807, 2.05) is 0 Å². The second-order valence-corrected chi connectivity index (χ2v) is 11.8. The summed E-state index contributed by atoms with van der Waals surface area (Å²) in [5.41, 5.74) is 7.79. The minimum Gasteiger partial charge on any atom is -0.491 e. The van der Waals surface area contributed by atoms with E-state index in [1.54, 1.807) is 0 Å². The van der Waals surface area contributed by atoms with E-state index < -0.39 is 0 Å². The summed E-state index contributed by atoms with van der Waals surface area (Å²) in [5, 5.41) is 0. The van der Waals surface area contributed by atoms with Gasteiger partial charge in [-0.05, 0) is 11.1 Å². The smallest absolute Gasteiger partial charge is 0.127 e. The maximum absolute atomic E-state index is 6.10. The molecule has 2 rings (SSSR count). The average molecular weight is 1140 g/mol. The number of halogens is 6. The van der Waals surface area contributed by atoms with Gasteiger partial charge in [0, 0.05) is 48.8 Å². The van der Waals surface area contributed by atoms with E-state index in [2.05, 4.69) is 160 Å². The van der Waals surface area contributed by atoms with Gasteiger partial charge in [-0.3, -0.25) is 0 Å². The highest BCUT2D eigenvalue weighted by molar-refractivity contribution is 14.1. The van der Waals surface area contributed by atoms with Crippen molar-refractivity contribution in [2.75, 3.05) is 39.6 Å². The van der Waals surface area contributed by atoms with Crippen LogP contribution < -0.4 is 9.47 Å². The Morgan fingerprint density at radius 3 is 0.971 bits per heavy atom. The van der Waals surface area contributed by atoms with Crippen molar-refractivity contribution in [2.24, 2.45) is 0 Å². The topological polar surface area (TPSA) is 36.9 Å². The summed E-state index contributed by atoms with van der Waals surface area (Å²) in [6, 6.07) is 9.02. The minimum atomic E-state index is 0.547. The Hall–Kier alpha value is 2.34. The molecule has 0 aliphatic carbocycles. The third kappa shape index (κ3) is 10.8. The van der Waals surface area contributed by atoms with Gasteiger partial charge in [0.15, 0.2) is 0 Å². The average Bonchev–Trinajstić information content (AvgIpc) is 2.88. The third-order valence-electron chi connectivity index (χ3n) is 4.81. The number of benzene rings is 2. The molecule has 10 heteroatoms. The van der Waals surface area contributed by atoms with Gasteiger partial charge in [-0.25, -0.2) is 0 Å². The summed E-state index contributed by atoms with van der Waals surface area (Å²) in [5.74, 6) is 2.05. The van der Waals surface area contributed by atoms with Crippen LogP contribution in [0.3, 0.4) is 0 Å². The van der Waals surface area contributed by atoms with Crippen LogP contribution in [0.4, 0.5) is 0 Å². The van der Waals surface area contributed by atoms with Gasteiger partial charge in [-0.2, -0.15) is 0 Å². The largest absolute Gasteiger partial charge is 0.491 e. The Bertz CT molecular complexity index is 759. The van der Waals surface area contributed by atoms with Crippen molar-refractivity contribution in [3.63, 3.8) is 0 Å². The fraction of sp³-hybridized carbons (Fsp3) is 0.500. The summed E-state index contributed by atoms with van der Waals surface area (Å²) >= 11 is 14.4. The summed E-state index contributed by atoms with van der Waals surface area (Å²) in [6.45, 7) is 3.30. The van der Waals surface area contributed by atoms with Crippen LogP contribution in [0.1, 0.15) is 33.4 Å². The van der Waals surface area contributed by atoms with Crippen molar-refractivity contribution in [1.29, 1.82) is 0 Å². The van der Waals surface area contributed by atoms with Gasteiger partial charge in [0.25, 0.3) is 0 Å². The zero-order chi connectivity index (χ0) is 24.8. The van der Waals surface area contributed by atoms with Gasteiger partial charge in [0.2, 0.25) is 0 Å². The van der Waals surface area contributed by atoms with Crippen molar-refractivity contribution < 1.29 is 18.9 Å². The maximum Gasteiger partial charge on any atom is 0.127 e. The number of rotatable bonds is 17. The normalized spacial score (nSPS) is 11.1. The summed E-state index contributed by atoms with van der Waals surface area (Å²) in [7, 11) is 0. The van der Waals surface area contributed by atoms with Crippen LogP contribution >= 0.6 is 136 Å². The Balaban J connectivity index is 1.67. The van der Waals surface area contributed by atoms with E-state index in [4.69, 9.17) is 18.9 Å². The molecule has 2 aromatic rings. The Kier molecular flexibility index (Phi) is 18.6. The van der Waals surface area contributed by atoms with Crippen molar-refractivity contribution in [1.82, 2.24) is 0 Å². The third-order valence-corrected chi connectivity index (χ3v) is 9.86. The first-order valence-electron chi connectivity index (χ1n) is 10.7. The second-order valence-electron chi connectivity index (χ2n) is 7.21. The first-order valence-corrected chi connectivity index (χ1v) is 19.8. The lowest BCUT2D eigenvalue weighted by atomic mass is 10.1. The molecular formula is C24H28I6O4. The van der Waals surface area contributed by atoms with Crippen LogP contribution in [0.25, 0.3) is 0 Å². The molecule has 190 valence electrons. The molecule has 34 heavy (non-hydrogen) atoms. The zero-order valence-corrected chi connectivity index (χ0v) is 31.6. The molecule has 2 aromatic carbocycles. The molecular weight excluding hydrogens is 1110 g/mol. The van der Waals surface area contributed by atoms with Gasteiger partial charge in [0.1, 0.15) is 24.7 Å². The van der Waals surface area contributed by atoms with Crippen molar-refractivity contribution in [3.8, 4) is 11.5 Å². The molecule has 0 radical (unpaired) electrons. The molecule has 4 nitrogen and oxygen atoms in total. The first-order chi connectivity index (χ1) is 16.6. The predicted molar refractivity (Wildman–Crippen MR) is 192 cm³/mol. The molecule has 0 saturated heterocycles. The number of hydrogen-bond acceptors (Lipinski definition) is 4. The van der Waals surface area contributed by atoms with Crippen LogP contribution in [0.5, 0.6) is 11.5 Å². The van der Waals surface area contributed by atoms with E-state index in [9.17, 15) is 0 Å². The molecule has 0 bridgehead atoms. The lowest BCUT2D eigenvalue weighted by Gasteiger charge is -2.16. The predicted octanol–water partition coefficient (Wildman–Crippen LogP) is 8.79. The fourth-order valence-corrected chi connectivity index (χ4v) is 6.45. The molecule has 0 aromatic heterocycles. The fourth-order valence-electron chi connectivity index (χ4n) is 3.30. The van der Waals surface area contributed by atoms with Crippen molar-refractivity contribution >= 4 is 136 Å². The molecule has 0 saturated carbocycles. The molecule has 0 unspecified atom stereocenters. The van der Waals surface area contributed by atoms with Crippen LogP contribution in [0, 0.1) is 0 Å². The monoisotopic (exact) mass is 1140 g/mol. The number of hydrogen-bond donors (Lipinski definition) is 0. The highest BCUT2D eigenvalue weighted by Gasteiger charge is 2.12. The molecule has 0 amide bonds. The van der Waals surface area contributed by atoms with E-state index in [0.29, 0.717) is 39.6 Å². The van der Waals surface area contributed by atoms with E-state index in [-0.39, 0.29) is 0 Å².